The number of nitrogens with one attached hydrogen (secondary N) is 1. The molecule has 1 aromatic heterocycles. The summed E-state index contributed by atoms with van der Waals surface area (Å²) in [5.41, 5.74) is 2.43. The molecule has 2 aromatic carbocycles. The molecule has 0 aliphatic heterocycles. The number of aryl methyl sites for hydroxylation is 1. The van der Waals surface area contributed by atoms with Crippen LogP contribution in [0.4, 0.5) is 4.39 Å². The normalized spacial score (nSPS) is 14.9. The molecular formula is C22H17FN2O3. The lowest BCUT2D eigenvalue weighted by molar-refractivity contribution is 0.0904. The lowest BCUT2D eigenvalue weighted by Crippen LogP contribution is -2.26. The first-order valence-corrected chi connectivity index (χ1v) is 8.93. The summed E-state index contributed by atoms with van der Waals surface area (Å²) in [4.78, 5) is 12.5. The third-order valence-electron chi connectivity index (χ3n) is 4.74. The molecule has 140 valence electrons. The summed E-state index contributed by atoms with van der Waals surface area (Å²) in [5.74, 6) is 0.647. The molecule has 6 heteroatoms. The highest BCUT2D eigenvalue weighted by Gasteiger charge is 2.25. The van der Waals surface area contributed by atoms with Crippen LogP contribution in [0, 0.1) is 17.1 Å². The fourth-order valence-electron chi connectivity index (χ4n) is 3.31. The van der Waals surface area contributed by atoms with Gasteiger partial charge in [0.2, 0.25) is 0 Å². The van der Waals surface area contributed by atoms with Gasteiger partial charge in [0.1, 0.15) is 23.9 Å². The number of hydrogen-bond acceptors (Lipinski definition) is 4. The van der Waals surface area contributed by atoms with Crippen LogP contribution in [0.25, 0.3) is 0 Å². The number of hydrogen-bond donors (Lipinski definition) is 1. The van der Waals surface area contributed by atoms with Crippen LogP contribution >= 0.6 is 0 Å². The molecule has 0 fully saturated rings. The fraction of sp³-hybridized carbons (Fsp3) is 0.182. The maximum absolute atomic E-state index is 13.5. The second-order valence-corrected chi connectivity index (χ2v) is 6.60. The van der Waals surface area contributed by atoms with Gasteiger partial charge in [-0.05, 0) is 72.5 Å². The van der Waals surface area contributed by atoms with Crippen LogP contribution in [0.2, 0.25) is 0 Å². The number of ether oxygens (including phenoxy) is 1. The van der Waals surface area contributed by atoms with E-state index in [1.165, 1.54) is 12.1 Å². The van der Waals surface area contributed by atoms with Crippen LogP contribution in [-0.2, 0) is 13.0 Å². The van der Waals surface area contributed by atoms with Crippen LogP contribution in [0.15, 0.2) is 59.0 Å². The van der Waals surface area contributed by atoms with Gasteiger partial charge in [0.15, 0.2) is 5.76 Å². The molecule has 1 amide bonds. The van der Waals surface area contributed by atoms with Crippen molar-refractivity contribution in [1.29, 1.82) is 5.26 Å². The van der Waals surface area contributed by atoms with Crippen LogP contribution in [0.1, 0.15) is 45.5 Å². The summed E-state index contributed by atoms with van der Waals surface area (Å²) >= 11 is 0. The number of rotatable bonds is 5. The topological polar surface area (TPSA) is 75.3 Å². The van der Waals surface area contributed by atoms with E-state index in [1.807, 2.05) is 6.07 Å². The molecule has 0 spiro atoms. The Balaban J connectivity index is 1.37. The van der Waals surface area contributed by atoms with Gasteiger partial charge in [-0.1, -0.05) is 6.07 Å². The number of amides is 1. The van der Waals surface area contributed by atoms with E-state index < -0.39 is 0 Å². The molecule has 0 bridgehead atoms. The molecule has 28 heavy (non-hydrogen) atoms. The highest BCUT2D eigenvalue weighted by atomic mass is 19.1. The predicted molar refractivity (Wildman–Crippen MR) is 99.1 cm³/mol. The maximum atomic E-state index is 13.5. The van der Waals surface area contributed by atoms with Gasteiger partial charge in [-0.3, -0.25) is 4.79 Å². The van der Waals surface area contributed by atoms with Gasteiger partial charge in [0, 0.05) is 0 Å². The summed E-state index contributed by atoms with van der Waals surface area (Å²) in [6, 6.07) is 16.5. The minimum Gasteiger partial charge on any atom is -0.486 e. The molecule has 1 aliphatic carbocycles. The zero-order valence-corrected chi connectivity index (χ0v) is 14.9. The van der Waals surface area contributed by atoms with Crippen molar-refractivity contribution in [3.05, 3.63) is 88.6 Å². The summed E-state index contributed by atoms with van der Waals surface area (Å²) in [6.07, 6.45) is 1.54. The molecule has 0 saturated heterocycles. The van der Waals surface area contributed by atoms with Crippen LogP contribution in [-0.4, -0.2) is 5.91 Å². The van der Waals surface area contributed by atoms with Crippen molar-refractivity contribution in [1.82, 2.24) is 5.32 Å². The van der Waals surface area contributed by atoms with Crippen LogP contribution < -0.4 is 10.1 Å². The van der Waals surface area contributed by atoms with Crippen molar-refractivity contribution >= 4 is 5.91 Å². The Labute approximate surface area is 161 Å². The van der Waals surface area contributed by atoms with Gasteiger partial charge in [-0.25, -0.2) is 4.39 Å². The Hall–Kier alpha value is -3.59. The van der Waals surface area contributed by atoms with E-state index in [4.69, 9.17) is 14.4 Å². The number of carbonyl (C=O) groups is 1. The molecule has 1 unspecified atom stereocenters. The minimum absolute atomic E-state index is 0.163. The average Bonchev–Trinajstić information content (AvgIpc) is 3.34. The van der Waals surface area contributed by atoms with Gasteiger partial charge in [0.25, 0.3) is 5.91 Å². The Morgan fingerprint density at radius 1 is 1.21 bits per heavy atom. The first kappa shape index (κ1) is 17.8. The van der Waals surface area contributed by atoms with Gasteiger partial charge in [-0.15, -0.1) is 0 Å². The van der Waals surface area contributed by atoms with Gasteiger partial charge >= 0.3 is 0 Å². The second-order valence-electron chi connectivity index (χ2n) is 6.60. The quantitative estimate of drug-likeness (QED) is 0.721. The molecule has 1 aliphatic rings. The maximum Gasteiger partial charge on any atom is 0.287 e. The number of furan rings is 1. The number of fused-ring (bicyclic) bond motifs is 1. The van der Waals surface area contributed by atoms with E-state index in [-0.39, 0.29) is 30.1 Å². The fourth-order valence-corrected chi connectivity index (χ4v) is 3.31. The molecule has 0 radical (unpaired) electrons. The smallest absolute Gasteiger partial charge is 0.287 e. The number of nitrogens with zero attached hydrogens (tertiary/aromatic N) is 1. The lowest BCUT2D eigenvalue weighted by atomic mass is 10.1. The first-order chi connectivity index (χ1) is 13.6. The first-order valence-electron chi connectivity index (χ1n) is 8.93. The summed E-state index contributed by atoms with van der Waals surface area (Å²) in [7, 11) is 0. The number of halogens is 1. The number of benzene rings is 2. The van der Waals surface area contributed by atoms with E-state index in [1.54, 1.807) is 42.5 Å². The molecule has 1 heterocycles. The molecule has 1 N–H and O–H groups in total. The minimum atomic E-state index is -0.341. The monoisotopic (exact) mass is 376 g/mol. The zero-order chi connectivity index (χ0) is 19.5. The molecule has 4 rings (SSSR count). The van der Waals surface area contributed by atoms with E-state index in [0.717, 1.165) is 24.0 Å². The third-order valence-corrected chi connectivity index (χ3v) is 4.74. The molecule has 0 saturated carbocycles. The Morgan fingerprint density at radius 2 is 2.04 bits per heavy atom. The Bertz CT molecular complexity index is 1050. The summed E-state index contributed by atoms with van der Waals surface area (Å²) in [6.45, 7) is 0.163. The molecule has 3 aromatic rings. The van der Waals surface area contributed by atoms with Gasteiger partial charge in [-0.2, -0.15) is 5.26 Å². The third kappa shape index (κ3) is 3.74. The Morgan fingerprint density at radius 3 is 2.82 bits per heavy atom. The molecular weight excluding hydrogens is 359 g/mol. The van der Waals surface area contributed by atoms with E-state index >= 15 is 0 Å². The van der Waals surface area contributed by atoms with Gasteiger partial charge in [0.05, 0.1) is 17.7 Å². The van der Waals surface area contributed by atoms with E-state index in [2.05, 4.69) is 5.32 Å². The van der Waals surface area contributed by atoms with E-state index in [0.29, 0.717) is 17.1 Å². The summed E-state index contributed by atoms with van der Waals surface area (Å²) < 4.78 is 24.7. The summed E-state index contributed by atoms with van der Waals surface area (Å²) in [5, 5.41) is 11.7. The van der Waals surface area contributed by atoms with Crippen molar-refractivity contribution in [2.24, 2.45) is 0 Å². The number of nitriles is 1. The van der Waals surface area contributed by atoms with Crippen molar-refractivity contribution < 1.29 is 18.3 Å². The zero-order valence-electron chi connectivity index (χ0n) is 14.9. The van der Waals surface area contributed by atoms with Crippen molar-refractivity contribution in [2.75, 3.05) is 0 Å². The van der Waals surface area contributed by atoms with Crippen molar-refractivity contribution in [2.45, 2.75) is 25.5 Å². The second kappa shape index (κ2) is 7.57. The van der Waals surface area contributed by atoms with Crippen molar-refractivity contribution in [3.8, 4) is 11.8 Å². The highest BCUT2D eigenvalue weighted by Crippen LogP contribution is 2.31. The highest BCUT2D eigenvalue weighted by molar-refractivity contribution is 5.91. The SMILES string of the molecule is N#Cc1ccc(OCc2ccc(C(=O)NC3CCc4ccc(F)cc43)o2)cc1. The average molecular weight is 376 g/mol. The van der Waals surface area contributed by atoms with Crippen LogP contribution in [0.3, 0.4) is 0 Å². The van der Waals surface area contributed by atoms with Gasteiger partial charge < -0.3 is 14.5 Å². The van der Waals surface area contributed by atoms with Crippen molar-refractivity contribution in [3.63, 3.8) is 0 Å². The molecule has 1 atom stereocenters. The standard InChI is InChI=1S/C22H17FN2O3/c23-16-5-3-15-4-9-20(19(15)11-16)25-22(26)21-10-8-18(28-21)13-27-17-6-1-14(12-24)2-7-17/h1-3,5-8,10-11,20H,4,9,13H2,(H,25,26). The number of carbonyl (C=O) groups excluding carboxylic acids is 1. The van der Waals surface area contributed by atoms with Crippen LogP contribution in [0.5, 0.6) is 5.75 Å². The van der Waals surface area contributed by atoms with E-state index in [9.17, 15) is 9.18 Å². The molecule has 5 nitrogen and oxygen atoms in total. The largest absolute Gasteiger partial charge is 0.486 e. The lowest BCUT2D eigenvalue weighted by Gasteiger charge is -2.13. The predicted octanol–water partition coefficient (Wildman–Crippen LogP) is 4.29. The Kier molecular flexibility index (Phi) is 4.81.